The third-order valence-electron chi connectivity index (χ3n) is 2.72. The van der Waals surface area contributed by atoms with Gasteiger partial charge in [-0.05, 0) is 24.2 Å². The van der Waals surface area contributed by atoms with Crippen molar-refractivity contribution in [3.8, 4) is 0 Å². The minimum Gasteiger partial charge on any atom is -0.327 e. The molecule has 1 rings (SSSR count). The van der Waals surface area contributed by atoms with Gasteiger partial charge in [0.25, 0.3) is 0 Å². The van der Waals surface area contributed by atoms with Gasteiger partial charge in [-0.2, -0.15) is 0 Å². The standard InChI is InChI=1S/C9H17NO/c1-9(2)6-7(9)8(10)4-3-5-11/h5,7-8H,3-4,6,10H2,1-2H3. The van der Waals surface area contributed by atoms with Gasteiger partial charge in [0.2, 0.25) is 0 Å². The van der Waals surface area contributed by atoms with E-state index < -0.39 is 0 Å². The molecule has 0 bridgehead atoms. The van der Waals surface area contributed by atoms with Crippen molar-refractivity contribution in [2.24, 2.45) is 17.1 Å². The zero-order valence-electron chi connectivity index (χ0n) is 7.34. The second-order valence-electron chi connectivity index (χ2n) is 4.21. The number of carbonyl (C=O) groups is 1. The largest absolute Gasteiger partial charge is 0.327 e. The maximum Gasteiger partial charge on any atom is 0.120 e. The van der Waals surface area contributed by atoms with Gasteiger partial charge in [-0.15, -0.1) is 0 Å². The first-order valence-electron chi connectivity index (χ1n) is 4.27. The number of nitrogens with two attached hydrogens (primary N) is 1. The molecule has 1 aliphatic rings. The molecule has 0 aromatic rings. The van der Waals surface area contributed by atoms with Crippen LogP contribution in [0.5, 0.6) is 0 Å². The van der Waals surface area contributed by atoms with E-state index in [4.69, 9.17) is 5.73 Å². The molecule has 2 unspecified atom stereocenters. The number of rotatable bonds is 4. The molecule has 0 aromatic heterocycles. The molecule has 2 heteroatoms. The van der Waals surface area contributed by atoms with E-state index in [0.717, 1.165) is 12.7 Å². The Kier molecular flexibility index (Phi) is 2.33. The summed E-state index contributed by atoms with van der Waals surface area (Å²) in [7, 11) is 0. The molecule has 64 valence electrons. The highest BCUT2D eigenvalue weighted by atomic mass is 16.1. The van der Waals surface area contributed by atoms with Crippen LogP contribution in [-0.4, -0.2) is 12.3 Å². The highest BCUT2D eigenvalue weighted by Crippen LogP contribution is 2.53. The summed E-state index contributed by atoms with van der Waals surface area (Å²) in [4.78, 5) is 10.1. The minimum atomic E-state index is 0.246. The van der Waals surface area contributed by atoms with Gasteiger partial charge < -0.3 is 10.5 Å². The van der Waals surface area contributed by atoms with Crippen LogP contribution in [0, 0.1) is 11.3 Å². The highest BCUT2D eigenvalue weighted by Gasteiger charge is 2.48. The van der Waals surface area contributed by atoms with Crippen molar-refractivity contribution >= 4 is 6.29 Å². The van der Waals surface area contributed by atoms with Crippen molar-refractivity contribution in [3.05, 3.63) is 0 Å². The lowest BCUT2D eigenvalue weighted by molar-refractivity contribution is -0.108. The van der Waals surface area contributed by atoms with Gasteiger partial charge in [-0.1, -0.05) is 13.8 Å². The summed E-state index contributed by atoms with van der Waals surface area (Å²) in [5.74, 6) is 0.655. The fourth-order valence-electron chi connectivity index (χ4n) is 1.70. The molecule has 0 radical (unpaired) electrons. The predicted octanol–water partition coefficient (Wildman–Crippen LogP) is 1.34. The zero-order chi connectivity index (χ0) is 8.48. The van der Waals surface area contributed by atoms with Crippen molar-refractivity contribution in [1.29, 1.82) is 0 Å². The summed E-state index contributed by atoms with van der Waals surface area (Å²) in [5, 5.41) is 0. The molecule has 0 heterocycles. The fourth-order valence-corrected chi connectivity index (χ4v) is 1.70. The first-order chi connectivity index (χ1) is 5.08. The molecule has 2 nitrogen and oxygen atoms in total. The van der Waals surface area contributed by atoms with E-state index >= 15 is 0 Å². The van der Waals surface area contributed by atoms with Crippen LogP contribution in [0.4, 0.5) is 0 Å². The topological polar surface area (TPSA) is 43.1 Å². The SMILES string of the molecule is CC1(C)CC1C(N)CCC=O. The summed E-state index contributed by atoms with van der Waals surface area (Å²) in [6, 6.07) is 0.246. The number of hydrogen-bond acceptors (Lipinski definition) is 2. The molecule has 0 amide bonds. The Balaban J connectivity index is 2.22. The van der Waals surface area contributed by atoms with Crippen molar-refractivity contribution in [2.75, 3.05) is 0 Å². The monoisotopic (exact) mass is 155 g/mol. The Labute approximate surface area is 68.2 Å². The Morgan fingerprint density at radius 1 is 1.73 bits per heavy atom. The molecular weight excluding hydrogens is 138 g/mol. The number of aldehydes is 1. The maximum atomic E-state index is 10.1. The lowest BCUT2D eigenvalue weighted by atomic mass is 10.0. The van der Waals surface area contributed by atoms with Crippen LogP contribution in [-0.2, 0) is 4.79 Å². The van der Waals surface area contributed by atoms with Crippen LogP contribution < -0.4 is 5.73 Å². The zero-order valence-corrected chi connectivity index (χ0v) is 7.34. The maximum absolute atomic E-state index is 10.1. The summed E-state index contributed by atoms with van der Waals surface area (Å²) < 4.78 is 0. The minimum absolute atomic E-state index is 0.246. The summed E-state index contributed by atoms with van der Waals surface area (Å²) >= 11 is 0. The van der Waals surface area contributed by atoms with E-state index in [2.05, 4.69) is 13.8 Å². The van der Waals surface area contributed by atoms with Crippen LogP contribution in [0.15, 0.2) is 0 Å². The van der Waals surface area contributed by atoms with Gasteiger partial charge >= 0.3 is 0 Å². The highest BCUT2D eigenvalue weighted by molar-refractivity contribution is 5.49. The average Bonchev–Trinajstić information content (AvgIpc) is 2.55. The molecule has 0 aromatic carbocycles. The second-order valence-corrected chi connectivity index (χ2v) is 4.21. The molecule has 1 fully saturated rings. The number of hydrogen-bond donors (Lipinski definition) is 1. The first-order valence-corrected chi connectivity index (χ1v) is 4.27. The van der Waals surface area contributed by atoms with Crippen molar-refractivity contribution in [2.45, 2.75) is 39.2 Å². The molecule has 0 saturated heterocycles. The summed E-state index contributed by atoms with van der Waals surface area (Å²) in [6.45, 7) is 4.47. The Bertz CT molecular complexity index is 154. The summed E-state index contributed by atoms with van der Waals surface area (Å²) in [5.41, 5.74) is 6.33. The predicted molar refractivity (Wildman–Crippen MR) is 45.2 cm³/mol. The van der Waals surface area contributed by atoms with Crippen LogP contribution in [0.3, 0.4) is 0 Å². The van der Waals surface area contributed by atoms with Crippen molar-refractivity contribution in [3.63, 3.8) is 0 Å². The van der Waals surface area contributed by atoms with Gasteiger partial charge in [-0.25, -0.2) is 0 Å². The van der Waals surface area contributed by atoms with Crippen molar-refractivity contribution in [1.82, 2.24) is 0 Å². The number of carbonyl (C=O) groups excluding carboxylic acids is 1. The Hall–Kier alpha value is -0.370. The first kappa shape index (κ1) is 8.72. The van der Waals surface area contributed by atoms with E-state index in [1.165, 1.54) is 6.42 Å². The van der Waals surface area contributed by atoms with E-state index in [1.807, 2.05) is 0 Å². The molecule has 0 spiro atoms. The van der Waals surface area contributed by atoms with Gasteiger partial charge in [0.1, 0.15) is 6.29 Å². The van der Waals surface area contributed by atoms with Crippen LogP contribution >= 0.6 is 0 Å². The van der Waals surface area contributed by atoms with Crippen LogP contribution in [0.2, 0.25) is 0 Å². The van der Waals surface area contributed by atoms with Gasteiger partial charge in [0.05, 0.1) is 0 Å². The Morgan fingerprint density at radius 3 is 2.64 bits per heavy atom. The summed E-state index contributed by atoms with van der Waals surface area (Å²) in [6.07, 6.45) is 3.66. The van der Waals surface area contributed by atoms with E-state index in [9.17, 15) is 4.79 Å². The lowest BCUT2D eigenvalue weighted by Gasteiger charge is -2.10. The molecule has 2 atom stereocenters. The van der Waals surface area contributed by atoms with Gasteiger partial charge in [0.15, 0.2) is 0 Å². The lowest BCUT2D eigenvalue weighted by Crippen LogP contribution is -2.24. The smallest absolute Gasteiger partial charge is 0.120 e. The van der Waals surface area contributed by atoms with E-state index in [-0.39, 0.29) is 6.04 Å². The molecule has 0 aliphatic heterocycles. The Morgan fingerprint density at radius 2 is 2.27 bits per heavy atom. The third kappa shape index (κ3) is 2.03. The molecule has 2 N–H and O–H groups in total. The van der Waals surface area contributed by atoms with E-state index in [1.54, 1.807) is 0 Å². The molecule has 1 aliphatic carbocycles. The normalized spacial score (nSPS) is 29.5. The van der Waals surface area contributed by atoms with Gasteiger partial charge in [0, 0.05) is 12.5 Å². The fraction of sp³-hybridized carbons (Fsp3) is 0.889. The third-order valence-corrected chi connectivity index (χ3v) is 2.72. The molecule has 11 heavy (non-hydrogen) atoms. The molecule has 1 saturated carbocycles. The van der Waals surface area contributed by atoms with Crippen LogP contribution in [0.25, 0.3) is 0 Å². The van der Waals surface area contributed by atoms with Crippen molar-refractivity contribution < 1.29 is 4.79 Å². The van der Waals surface area contributed by atoms with Crippen LogP contribution in [0.1, 0.15) is 33.1 Å². The quantitative estimate of drug-likeness (QED) is 0.622. The van der Waals surface area contributed by atoms with E-state index in [0.29, 0.717) is 17.8 Å². The average molecular weight is 155 g/mol. The second kappa shape index (κ2) is 2.94. The van der Waals surface area contributed by atoms with Gasteiger partial charge in [-0.3, -0.25) is 0 Å². The molecular formula is C9H17NO.